The summed E-state index contributed by atoms with van der Waals surface area (Å²) < 4.78 is 58.8. The highest BCUT2D eigenvalue weighted by Crippen LogP contribution is 2.33. The number of nitrogens with two attached hydrogens (primary N) is 1. The molecule has 1 aromatic rings. The molecule has 0 radical (unpaired) electrons. The third-order valence-corrected chi connectivity index (χ3v) is 3.22. The van der Waals surface area contributed by atoms with Crippen molar-refractivity contribution < 1.29 is 21.6 Å². The molecule has 1 aromatic carbocycles. The number of hydrogen-bond acceptors (Lipinski definition) is 2. The lowest BCUT2D eigenvalue weighted by atomic mass is 10.1. The van der Waals surface area contributed by atoms with Crippen molar-refractivity contribution in [2.75, 3.05) is 0 Å². The molecule has 0 heterocycles. The van der Waals surface area contributed by atoms with Gasteiger partial charge in [0.2, 0.25) is 10.0 Å². The summed E-state index contributed by atoms with van der Waals surface area (Å²) in [7, 11) is -4.27. The summed E-state index contributed by atoms with van der Waals surface area (Å²) in [5.74, 6) is 0. The molecule has 0 aromatic heterocycles. The van der Waals surface area contributed by atoms with Crippen molar-refractivity contribution in [2.45, 2.75) is 17.8 Å². The molecule has 16 heavy (non-hydrogen) atoms. The van der Waals surface area contributed by atoms with E-state index in [1.807, 2.05) is 0 Å². The summed E-state index contributed by atoms with van der Waals surface area (Å²) in [5, 5.41) is 3.05. The van der Waals surface area contributed by atoms with Gasteiger partial charge in [-0.1, -0.05) is 30.3 Å². The Morgan fingerprint density at radius 3 is 2.06 bits per heavy atom. The zero-order chi connectivity index (χ0) is 12.4. The van der Waals surface area contributed by atoms with Crippen LogP contribution in [0.15, 0.2) is 30.3 Å². The van der Waals surface area contributed by atoms with Crippen molar-refractivity contribution >= 4 is 10.0 Å². The molecule has 0 aliphatic heterocycles. The minimum absolute atomic E-state index is 0.0438. The third kappa shape index (κ3) is 3.82. The van der Waals surface area contributed by atoms with Crippen LogP contribution in [0.25, 0.3) is 0 Å². The standard InChI is InChI=1S/C9H10F3NO2S/c10-9(11,12)6-8(16(13,14)15)7-4-2-1-3-5-7/h1-5,8H,6H2,(H2,13,14,15). The molecule has 1 atom stereocenters. The average Bonchev–Trinajstić information content (AvgIpc) is 2.13. The van der Waals surface area contributed by atoms with E-state index >= 15 is 0 Å². The lowest BCUT2D eigenvalue weighted by molar-refractivity contribution is -0.134. The van der Waals surface area contributed by atoms with E-state index in [0.717, 1.165) is 0 Å². The predicted molar refractivity (Wildman–Crippen MR) is 53.0 cm³/mol. The molecule has 0 fully saturated rings. The largest absolute Gasteiger partial charge is 0.390 e. The first kappa shape index (κ1) is 13.0. The van der Waals surface area contributed by atoms with Gasteiger partial charge in [0.15, 0.2) is 0 Å². The smallest absolute Gasteiger partial charge is 0.228 e. The molecule has 0 aliphatic carbocycles. The maximum Gasteiger partial charge on any atom is 0.390 e. The monoisotopic (exact) mass is 253 g/mol. The fraction of sp³-hybridized carbons (Fsp3) is 0.333. The maximum atomic E-state index is 12.2. The molecule has 0 spiro atoms. The first-order chi connectivity index (χ1) is 7.20. The summed E-state index contributed by atoms with van der Waals surface area (Å²) in [6.07, 6.45) is -6.05. The van der Waals surface area contributed by atoms with Crippen molar-refractivity contribution in [1.29, 1.82) is 0 Å². The predicted octanol–water partition coefficient (Wildman–Crippen LogP) is 1.97. The van der Waals surface area contributed by atoms with Gasteiger partial charge in [0, 0.05) is 0 Å². The molecule has 1 rings (SSSR count). The van der Waals surface area contributed by atoms with Gasteiger partial charge in [-0.15, -0.1) is 0 Å². The molecule has 2 N–H and O–H groups in total. The zero-order valence-corrected chi connectivity index (χ0v) is 8.92. The summed E-state index contributed by atoms with van der Waals surface area (Å²) in [4.78, 5) is 0. The maximum absolute atomic E-state index is 12.2. The quantitative estimate of drug-likeness (QED) is 0.895. The minimum Gasteiger partial charge on any atom is -0.228 e. The SMILES string of the molecule is NS(=O)(=O)C(CC(F)(F)F)c1ccccc1. The Bertz CT molecular complexity index is 442. The van der Waals surface area contributed by atoms with Crippen molar-refractivity contribution in [3.05, 3.63) is 35.9 Å². The Morgan fingerprint density at radius 2 is 1.69 bits per heavy atom. The van der Waals surface area contributed by atoms with Crippen LogP contribution in [0, 0.1) is 0 Å². The van der Waals surface area contributed by atoms with Gasteiger partial charge >= 0.3 is 6.18 Å². The van der Waals surface area contributed by atoms with Crippen molar-refractivity contribution in [3.8, 4) is 0 Å². The third-order valence-electron chi connectivity index (χ3n) is 1.98. The van der Waals surface area contributed by atoms with Crippen LogP contribution in [0.4, 0.5) is 13.2 Å². The molecule has 90 valence electrons. The fourth-order valence-electron chi connectivity index (χ4n) is 1.30. The van der Waals surface area contributed by atoms with Gasteiger partial charge in [0.25, 0.3) is 0 Å². The molecular formula is C9H10F3NO2S. The highest BCUT2D eigenvalue weighted by atomic mass is 32.2. The van der Waals surface area contributed by atoms with Crippen molar-refractivity contribution in [3.63, 3.8) is 0 Å². The van der Waals surface area contributed by atoms with Gasteiger partial charge in [-0.05, 0) is 5.56 Å². The number of halogens is 3. The fourth-order valence-corrected chi connectivity index (χ4v) is 2.26. The number of sulfonamides is 1. The molecule has 1 unspecified atom stereocenters. The van der Waals surface area contributed by atoms with E-state index < -0.39 is 27.9 Å². The normalized spacial score (nSPS) is 14.8. The van der Waals surface area contributed by atoms with Crippen LogP contribution in [0.5, 0.6) is 0 Å². The van der Waals surface area contributed by atoms with Crippen molar-refractivity contribution in [2.24, 2.45) is 5.14 Å². The second-order valence-corrected chi connectivity index (χ2v) is 5.05. The summed E-state index contributed by atoms with van der Waals surface area (Å²) in [6.45, 7) is 0. The Labute approximate surface area is 91.1 Å². The van der Waals surface area contributed by atoms with Crippen molar-refractivity contribution in [1.82, 2.24) is 0 Å². The number of alkyl halides is 3. The summed E-state index contributed by atoms with van der Waals surface area (Å²) in [6, 6.07) is 7.12. The Kier molecular flexibility index (Phi) is 3.59. The van der Waals surface area contributed by atoms with Crippen LogP contribution in [0.1, 0.15) is 17.2 Å². The second-order valence-electron chi connectivity index (χ2n) is 3.31. The molecule has 0 saturated heterocycles. The first-order valence-electron chi connectivity index (χ1n) is 4.33. The van der Waals surface area contributed by atoms with Gasteiger partial charge in [0.1, 0.15) is 5.25 Å². The molecule has 7 heteroatoms. The zero-order valence-electron chi connectivity index (χ0n) is 8.11. The van der Waals surface area contributed by atoms with Crippen LogP contribution in [-0.2, 0) is 10.0 Å². The van der Waals surface area contributed by atoms with E-state index in [1.54, 1.807) is 6.07 Å². The van der Waals surface area contributed by atoms with E-state index in [-0.39, 0.29) is 5.56 Å². The van der Waals surface area contributed by atoms with E-state index in [1.165, 1.54) is 24.3 Å². The molecular weight excluding hydrogens is 243 g/mol. The Morgan fingerprint density at radius 1 is 1.19 bits per heavy atom. The van der Waals surface area contributed by atoms with Gasteiger partial charge in [-0.2, -0.15) is 13.2 Å². The van der Waals surface area contributed by atoms with Gasteiger partial charge in [-0.25, -0.2) is 13.6 Å². The summed E-state index contributed by atoms with van der Waals surface area (Å²) in [5.41, 5.74) is 0.0438. The molecule has 0 bridgehead atoms. The number of rotatable bonds is 3. The number of hydrogen-bond donors (Lipinski definition) is 1. The molecule has 0 saturated carbocycles. The lowest BCUT2D eigenvalue weighted by Crippen LogP contribution is -2.26. The highest BCUT2D eigenvalue weighted by Gasteiger charge is 2.37. The van der Waals surface area contributed by atoms with E-state index in [0.29, 0.717) is 0 Å². The van der Waals surface area contributed by atoms with E-state index in [4.69, 9.17) is 5.14 Å². The van der Waals surface area contributed by atoms with Crippen LogP contribution < -0.4 is 5.14 Å². The summed E-state index contributed by atoms with van der Waals surface area (Å²) >= 11 is 0. The van der Waals surface area contributed by atoms with Gasteiger partial charge in [-0.3, -0.25) is 0 Å². The number of benzene rings is 1. The second kappa shape index (κ2) is 4.42. The van der Waals surface area contributed by atoms with Crippen LogP contribution in [0.2, 0.25) is 0 Å². The van der Waals surface area contributed by atoms with Gasteiger partial charge in [0.05, 0.1) is 6.42 Å². The van der Waals surface area contributed by atoms with Crippen LogP contribution in [-0.4, -0.2) is 14.6 Å². The van der Waals surface area contributed by atoms with Crippen LogP contribution in [0.3, 0.4) is 0 Å². The minimum atomic E-state index is -4.58. The van der Waals surface area contributed by atoms with Gasteiger partial charge < -0.3 is 0 Å². The first-order valence-corrected chi connectivity index (χ1v) is 5.94. The average molecular weight is 253 g/mol. The molecule has 0 amide bonds. The Hall–Kier alpha value is -1.08. The topological polar surface area (TPSA) is 60.2 Å². The van der Waals surface area contributed by atoms with E-state index in [9.17, 15) is 21.6 Å². The lowest BCUT2D eigenvalue weighted by Gasteiger charge is -2.16. The Balaban J connectivity index is 3.09. The van der Waals surface area contributed by atoms with Crippen LogP contribution >= 0.6 is 0 Å². The molecule has 0 aliphatic rings. The number of primary sulfonamides is 1. The highest BCUT2D eigenvalue weighted by molar-refractivity contribution is 7.89. The van der Waals surface area contributed by atoms with E-state index in [2.05, 4.69) is 0 Å². The molecule has 3 nitrogen and oxygen atoms in total.